The first-order chi connectivity index (χ1) is 22.0. The Morgan fingerprint density at radius 2 is 1.74 bits per heavy atom. The zero-order valence-corrected chi connectivity index (χ0v) is 25.5. The third kappa shape index (κ3) is 6.08. The fourth-order valence-electron chi connectivity index (χ4n) is 5.22. The number of rotatable bonds is 7. The van der Waals surface area contributed by atoms with E-state index < -0.39 is 35.0 Å². The maximum atomic E-state index is 14.5. The number of benzene rings is 4. The van der Waals surface area contributed by atoms with Crippen LogP contribution in [0.5, 0.6) is 5.75 Å². The van der Waals surface area contributed by atoms with E-state index in [-0.39, 0.29) is 33.9 Å². The largest absolute Gasteiger partial charge is 0.488 e. The molecule has 5 aromatic rings. The quantitative estimate of drug-likeness (QED) is 0.141. The monoisotopic (exact) mass is 666 g/mol. The van der Waals surface area contributed by atoms with Gasteiger partial charge in [-0.05, 0) is 65.2 Å². The van der Waals surface area contributed by atoms with Crippen molar-refractivity contribution in [1.29, 1.82) is 0 Å². The van der Waals surface area contributed by atoms with Gasteiger partial charge in [0.25, 0.3) is 5.56 Å². The van der Waals surface area contributed by atoms with Crippen molar-refractivity contribution < 1.29 is 31.8 Å². The van der Waals surface area contributed by atoms with Gasteiger partial charge in [-0.2, -0.15) is 13.2 Å². The molecule has 1 aromatic heterocycles. The van der Waals surface area contributed by atoms with Crippen molar-refractivity contribution in [3.05, 3.63) is 143 Å². The van der Waals surface area contributed by atoms with E-state index in [4.69, 9.17) is 21.1 Å². The van der Waals surface area contributed by atoms with Crippen molar-refractivity contribution in [1.82, 2.24) is 4.57 Å². The fraction of sp³-hybridized carbons (Fsp3) is 0.147. The number of aromatic nitrogens is 1. The van der Waals surface area contributed by atoms with Crippen LogP contribution in [0.1, 0.15) is 29.7 Å². The molecule has 6 nitrogen and oxygen atoms in total. The second kappa shape index (κ2) is 12.6. The van der Waals surface area contributed by atoms with Gasteiger partial charge in [0.1, 0.15) is 18.2 Å². The van der Waals surface area contributed by atoms with E-state index in [2.05, 4.69) is 4.99 Å². The third-order valence-electron chi connectivity index (χ3n) is 7.29. The highest BCUT2D eigenvalue weighted by molar-refractivity contribution is 7.07. The predicted octanol–water partition coefficient (Wildman–Crippen LogP) is 6.87. The molecular weight excluding hydrogens is 644 g/mol. The van der Waals surface area contributed by atoms with E-state index in [1.807, 2.05) is 30.3 Å². The molecule has 2 heterocycles. The Bertz CT molecular complexity index is 2170. The molecule has 234 valence electrons. The van der Waals surface area contributed by atoms with Crippen molar-refractivity contribution in [2.24, 2.45) is 4.99 Å². The van der Waals surface area contributed by atoms with Crippen LogP contribution in [-0.4, -0.2) is 23.3 Å². The van der Waals surface area contributed by atoms with Gasteiger partial charge in [-0.15, -0.1) is 0 Å². The number of fused-ring (bicyclic) bond motifs is 2. The Kier molecular flexibility index (Phi) is 8.54. The Morgan fingerprint density at radius 3 is 2.43 bits per heavy atom. The molecule has 0 saturated carbocycles. The number of thiazole rings is 1. The van der Waals surface area contributed by atoms with Crippen LogP contribution in [0.15, 0.2) is 106 Å². The Balaban J connectivity index is 1.57. The summed E-state index contributed by atoms with van der Waals surface area (Å²) in [6, 6.07) is 21.1. The SMILES string of the molecule is CCOC(=O)C1=C(C(F)(F)F)N=c2s/c(=C\c3c(OCc4ccc(F)cc4)ccc4ccccc34)c(=O)n2[C@@H]1c1ccc(Cl)cc1. The Labute approximate surface area is 268 Å². The van der Waals surface area contributed by atoms with Gasteiger partial charge in [-0.1, -0.05) is 77.5 Å². The Morgan fingerprint density at radius 1 is 1.02 bits per heavy atom. The number of esters is 1. The van der Waals surface area contributed by atoms with Crippen LogP contribution in [-0.2, 0) is 16.1 Å². The molecule has 1 aliphatic heterocycles. The third-order valence-corrected chi connectivity index (χ3v) is 8.53. The number of hydrogen-bond acceptors (Lipinski definition) is 6. The van der Waals surface area contributed by atoms with Crippen LogP contribution in [0.2, 0.25) is 5.02 Å². The van der Waals surface area contributed by atoms with Crippen LogP contribution >= 0.6 is 22.9 Å². The summed E-state index contributed by atoms with van der Waals surface area (Å²) in [4.78, 5) is 30.8. The van der Waals surface area contributed by atoms with Crippen molar-refractivity contribution in [2.75, 3.05) is 6.61 Å². The van der Waals surface area contributed by atoms with E-state index >= 15 is 0 Å². The van der Waals surface area contributed by atoms with Gasteiger partial charge in [-0.25, -0.2) is 14.2 Å². The number of ether oxygens (including phenoxy) is 2. The van der Waals surface area contributed by atoms with Crippen molar-refractivity contribution in [2.45, 2.75) is 25.7 Å². The number of carbonyl (C=O) groups excluding carboxylic acids is 1. The van der Waals surface area contributed by atoms with E-state index in [9.17, 15) is 27.2 Å². The number of alkyl halides is 3. The summed E-state index contributed by atoms with van der Waals surface area (Å²) in [6.07, 6.45) is -3.48. The summed E-state index contributed by atoms with van der Waals surface area (Å²) in [6.45, 7) is 1.38. The van der Waals surface area contributed by atoms with Crippen LogP contribution in [0, 0.1) is 5.82 Å². The number of halogens is 5. The van der Waals surface area contributed by atoms with E-state index in [0.29, 0.717) is 21.9 Å². The average molecular weight is 667 g/mol. The van der Waals surface area contributed by atoms with Gasteiger partial charge in [0.15, 0.2) is 10.5 Å². The van der Waals surface area contributed by atoms with Gasteiger partial charge in [0.05, 0.1) is 22.8 Å². The summed E-state index contributed by atoms with van der Waals surface area (Å²) >= 11 is 6.82. The second-order valence-electron chi connectivity index (χ2n) is 10.2. The first-order valence-electron chi connectivity index (χ1n) is 14.0. The second-order valence-corrected chi connectivity index (χ2v) is 11.7. The smallest absolute Gasteiger partial charge is 0.434 e. The average Bonchev–Trinajstić information content (AvgIpc) is 3.35. The lowest BCUT2D eigenvalue weighted by Gasteiger charge is -2.26. The summed E-state index contributed by atoms with van der Waals surface area (Å²) in [5, 5.41) is 1.87. The molecule has 0 spiro atoms. The van der Waals surface area contributed by atoms with E-state index in [1.165, 1.54) is 43.3 Å². The van der Waals surface area contributed by atoms with Gasteiger partial charge in [0.2, 0.25) is 0 Å². The molecule has 46 heavy (non-hydrogen) atoms. The minimum Gasteiger partial charge on any atom is -0.488 e. The van der Waals surface area contributed by atoms with Crippen molar-refractivity contribution in [3.8, 4) is 5.75 Å². The van der Waals surface area contributed by atoms with Crippen LogP contribution in [0.4, 0.5) is 17.6 Å². The van der Waals surface area contributed by atoms with Gasteiger partial charge in [-0.3, -0.25) is 9.36 Å². The molecule has 1 atom stereocenters. The molecule has 1 aliphatic rings. The van der Waals surface area contributed by atoms with Crippen LogP contribution < -0.4 is 19.6 Å². The minimum absolute atomic E-state index is 0.0623. The molecule has 0 saturated heterocycles. The lowest BCUT2D eigenvalue weighted by Crippen LogP contribution is -2.41. The highest BCUT2D eigenvalue weighted by atomic mass is 35.5. The van der Waals surface area contributed by atoms with Gasteiger partial charge in [0, 0.05) is 10.6 Å². The lowest BCUT2D eigenvalue weighted by molar-refractivity contribution is -0.140. The van der Waals surface area contributed by atoms with Crippen molar-refractivity contribution >= 4 is 45.8 Å². The first-order valence-corrected chi connectivity index (χ1v) is 15.2. The molecular formula is C34H23ClF4N2O4S. The first kappa shape index (κ1) is 31.3. The van der Waals surface area contributed by atoms with Gasteiger partial charge >= 0.3 is 12.1 Å². The van der Waals surface area contributed by atoms with Crippen LogP contribution in [0.25, 0.3) is 16.8 Å². The normalized spacial score (nSPS) is 15.1. The number of allylic oxidation sites excluding steroid dienone is 1. The maximum Gasteiger partial charge on any atom is 0.434 e. The van der Waals surface area contributed by atoms with E-state index in [0.717, 1.165) is 26.7 Å². The molecule has 0 amide bonds. The maximum absolute atomic E-state index is 14.5. The molecule has 0 unspecified atom stereocenters. The molecule has 0 fully saturated rings. The summed E-state index contributed by atoms with van der Waals surface area (Å²) in [5.41, 5.74) is -1.48. The van der Waals surface area contributed by atoms with Crippen LogP contribution in [0.3, 0.4) is 0 Å². The number of hydrogen-bond donors (Lipinski definition) is 0. The minimum atomic E-state index is -5.03. The highest BCUT2D eigenvalue weighted by Gasteiger charge is 2.45. The predicted molar refractivity (Wildman–Crippen MR) is 167 cm³/mol. The lowest BCUT2D eigenvalue weighted by atomic mass is 9.95. The molecule has 0 aliphatic carbocycles. The molecule has 0 radical (unpaired) electrons. The molecule has 6 rings (SSSR count). The summed E-state index contributed by atoms with van der Waals surface area (Å²) in [5.74, 6) is -1.23. The van der Waals surface area contributed by atoms with Gasteiger partial charge < -0.3 is 9.47 Å². The number of carbonyl (C=O) groups is 1. The molecule has 12 heteroatoms. The molecule has 0 N–H and O–H groups in total. The molecule has 4 aromatic carbocycles. The summed E-state index contributed by atoms with van der Waals surface area (Å²) in [7, 11) is 0. The van der Waals surface area contributed by atoms with Crippen molar-refractivity contribution in [3.63, 3.8) is 0 Å². The standard InChI is InChI=1S/C34H23ClF4N2O4S/c1-2-44-32(43)28-29(21-9-12-22(35)13-10-21)41-31(42)27(46-33(41)40-30(28)34(37,38)39)17-25-24-6-4-3-5-20(24)11-16-26(25)45-18-19-7-14-23(36)15-8-19/h3-17,29H,2,18H2,1H3/b27-17-/t29-/m1/s1. The Hall–Kier alpha value is -4.74. The zero-order valence-electron chi connectivity index (χ0n) is 24.0. The zero-order chi connectivity index (χ0) is 32.6. The summed E-state index contributed by atoms with van der Waals surface area (Å²) < 4.78 is 69.1. The molecule has 0 bridgehead atoms. The fourth-order valence-corrected chi connectivity index (χ4v) is 6.33. The number of nitrogens with zero attached hydrogens (tertiary/aromatic N) is 2. The van der Waals surface area contributed by atoms with E-state index in [1.54, 1.807) is 24.3 Å². The topological polar surface area (TPSA) is 69.9 Å². The highest BCUT2D eigenvalue weighted by Crippen LogP contribution is 2.38.